The lowest BCUT2D eigenvalue weighted by molar-refractivity contribution is 0.199. The van der Waals surface area contributed by atoms with Gasteiger partial charge in [0.05, 0.1) is 26.3 Å². The van der Waals surface area contributed by atoms with Crippen molar-refractivity contribution in [2.24, 2.45) is 0 Å². The van der Waals surface area contributed by atoms with Crippen molar-refractivity contribution in [3.8, 4) is 11.5 Å². The lowest BCUT2D eigenvalue weighted by atomic mass is 10.0. The number of tetrazole rings is 1. The Morgan fingerprint density at radius 2 is 1.39 bits per heavy atom. The molecule has 8 nitrogen and oxygen atoms in total. The molecular formula is C23H30N6O2. The Bertz CT molecular complexity index is 962. The maximum atomic E-state index is 5.35. The van der Waals surface area contributed by atoms with Gasteiger partial charge in [-0.05, 0) is 66.2 Å². The van der Waals surface area contributed by atoms with Gasteiger partial charge in [0.2, 0.25) is 0 Å². The standard InChI is InChI=1S/C23H30N6O2/c1-17(2)29-23(24-25-26-29)22(18-5-9-20(30-3)10-6-18)28-15-13-27(14-16-28)19-7-11-21(31-4)12-8-19/h5-12,17,22H,13-16H2,1-4H3/t22-/m1/s1. The van der Waals surface area contributed by atoms with Crippen LogP contribution in [0.3, 0.4) is 0 Å². The summed E-state index contributed by atoms with van der Waals surface area (Å²) in [7, 11) is 3.38. The summed E-state index contributed by atoms with van der Waals surface area (Å²) in [5.41, 5.74) is 2.38. The molecule has 0 amide bonds. The predicted molar refractivity (Wildman–Crippen MR) is 120 cm³/mol. The van der Waals surface area contributed by atoms with Crippen molar-refractivity contribution >= 4 is 5.69 Å². The van der Waals surface area contributed by atoms with E-state index < -0.39 is 0 Å². The van der Waals surface area contributed by atoms with Gasteiger partial charge >= 0.3 is 0 Å². The molecule has 31 heavy (non-hydrogen) atoms. The highest BCUT2D eigenvalue weighted by molar-refractivity contribution is 5.49. The fourth-order valence-electron chi connectivity index (χ4n) is 4.09. The molecule has 0 bridgehead atoms. The number of aromatic nitrogens is 4. The highest BCUT2D eigenvalue weighted by Crippen LogP contribution is 2.31. The molecule has 1 aromatic heterocycles. The highest BCUT2D eigenvalue weighted by atomic mass is 16.5. The summed E-state index contributed by atoms with van der Waals surface area (Å²) in [6.07, 6.45) is 0. The van der Waals surface area contributed by atoms with E-state index in [1.807, 2.05) is 28.9 Å². The molecule has 0 saturated carbocycles. The number of benzene rings is 2. The maximum Gasteiger partial charge on any atom is 0.173 e. The molecule has 0 unspecified atom stereocenters. The molecule has 2 heterocycles. The van der Waals surface area contributed by atoms with Crippen molar-refractivity contribution in [1.82, 2.24) is 25.1 Å². The van der Waals surface area contributed by atoms with Gasteiger partial charge in [-0.1, -0.05) is 12.1 Å². The van der Waals surface area contributed by atoms with Crippen LogP contribution < -0.4 is 14.4 Å². The number of anilines is 1. The third kappa shape index (κ3) is 4.49. The monoisotopic (exact) mass is 422 g/mol. The number of rotatable bonds is 7. The van der Waals surface area contributed by atoms with Gasteiger partial charge in [0.15, 0.2) is 5.82 Å². The van der Waals surface area contributed by atoms with Crippen LogP contribution in [0.1, 0.15) is 37.3 Å². The molecule has 0 radical (unpaired) electrons. The molecular weight excluding hydrogens is 392 g/mol. The zero-order valence-electron chi connectivity index (χ0n) is 18.6. The van der Waals surface area contributed by atoms with Gasteiger partial charge in [-0.15, -0.1) is 5.10 Å². The van der Waals surface area contributed by atoms with Crippen LogP contribution in [0.4, 0.5) is 5.69 Å². The Labute approximate surface area is 183 Å². The van der Waals surface area contributed by atoms with Gasteiger partial charge in [0.25, 0.3) is 0 Å². The van der Waals surface area contributed by atoms with E-state index in [0.717, 1.165) is 49.1 Å². The third-order valence-corrected chi connectivity index (χ3v) is 5.80. The summed E-state index contributed by atoms with van der Waals surface area (Å²) in [6.45, 7) is 7.89. The van der Waals surface area contributed by atoms with Crippen LogP contribution in [-0.4, -0.2) is 65.5 Å². The van der Waals surface area contributed by atoms with E-state index in [4.69, 9.17) is 9.47 Å². The summed E-state index contributed by atoms with van der Waals surface area (Å²) in [6, 6.07) is 16.7. The van der Waals surface area contributed by atoms with E-state index >= 15 is 0 Å². The molecule has 164 valence electrons. The van der Waals surface area contributed by atoms with E-state index in [1.165, 1.54) is 5.69 Å². The molecule has 8 heteroatoms. The summed E-state index contributed by atoms with van der Waals surface area (Å²) >= 11 is 0. The molecule has 1 aliphatic heterocycles. The minimum absolute atomic E-state index is 0.0127. The van der Waals surface area contributed by atoms with Crippen LogP contribution in [0.2, 0.25) is 0 Å². The topological polar surface area (TPSA) is 68.5 Å². The van der Waals surface area contributed by atoms with Gasteiger partial charge in [-0.3, -0.25) is 4.90 Å². The van der Waals surface area contributed by atoms with Crippen molar-refractivity contribution in [1.29, 1.82) is 0 Å². The number of ether oxygens (including phenoxy) is 2. The number of hydrogen-bond donors (Lipinski definition) is 0. The quantitative estimate of drug-likeness (QED) is 0.579. The average molecular weight is 423 g/mol. The van der Waals surface area contributed by atoms with E-state index in [-0.39, 0.29) is 12.1 Å². The molecule has 1 aliphatic rings. The molecule has 4 rings (SSSR count). The van der Waals surface area contributed by atoms with Gasteiger partial charge in [0.1, 0.15) is 11.5 Å². The second kappa shape index (κ2) is 9.34. The molecule has 1 atom stereocenters. The van der Waals surface area contributed by atoms with Crippen molar-refractivity contribution in [2.45, 2.75) is 25.9 Å². The minimum atomic E-state index is -0.0127. The first-order valence-corrected chi connectivity index (χ1v) is 10.7. The van der Waals surface area contributed by atoms with Gasteiger partial charge in [0, 0.05) is 31.9 Å². The second-order valence-corrected chi connectivity index (χ2v) is 7.97. The Morgan fingerprint density at radius 3 is 1.94 bits per heavy atom. The maximum absolute atomic E-state index is 5.35. The number of nitrogens with zero attached hydrogens (tertiary/aromatic N) is 6. The number of hydrogen-bond acceptors (Lipinski definition) is 7. The van der Waals surface area contributed by atoms with Crippen LogP contribution in [0.25, 0.3) is 0 Å². The summed E-state index contributed by atoms with van der Waals surface area (Å²) in [4.78, 5) is 4.87. The van der Waals surface area contributed by atoms with Crippen LogP contribution in [0.5, 0.6) is 11.5 Å². The summed E-state index contributed by atoms with van der Waals surface area (Å²) in [5, 5.41) is 12.7. The van der Waals surface area contributed by atoms with Gasteiger partial charge < -0.3 is 14.4 Å². The third-order valence-electron chi connectivity index (χ3n) is 5.80. The van der Waals surface area contributed by atoms with Crippen LogP contribution >= 0.6 is 0 Å². The minimum Gasteiger partial charge on any atom is -0.497 e. The Balaban J connectivity index is 1.57. The van der Waals surface area contributed by atoms with Crippen LogP contribution in [0.15, 0.2) is 48.5 Å². The molecule has 1 fully saturated rings. The van der Waals surface area contributed by atoms with Crippen molar-refractivity contribution in [2.75, 3.05) is 45.3 Å². The molecule has 0 spiro atoms. The smallest absolute Gasteiger partial charge is 0.173 e. The molecule has 0 aliphatic carbocycles. The summed E-state index contributed by atoms with van der Waals surface area (Å²) < 4.78 is 12.6. The second-order valence-electron chi connectivity index (χ2n) is 7.97. The average Bonchev–Trinajstić information content (AvgIpc) is 3.30. The van der Waals surface area contributed by atoms with Crippen LogP contribution in [-0.2, 0) is 0 Å². The normalized spacial score (nSPS) is 15.8. The molecule has 3 aromatic rings. The highest BCUT2D eigenvalue weighted by Gasteiger charge is 2.31. The Morgan fingerprint density at radius 1 is 0.806 bits per heavy atom. The zero-order valence-corrected chi connectivity index (χ0v) is 18.6. The first-order chi connectivity index (χ1) is 15.1. The fraction of sp³-hybridized carbons (Fsp3) is 0.435. The summed E-state index contributed by atoms with van der Waals surface area (Å²) in [5.74, 6) is 2.59. The lowest BCUT2D eigenvalue weighted by Crippen LogP contribution is -2.48. The van der Waals surface area contributed by atoms with Gasteiger partial charge in [-0.25, -0.2) is 4.68 Å². The molecule has 0 N–H and O–H groups in total. The van der Waals surface area contributed by atoms with E-state index in [9.17, 15) is 0 Å². The van der Waals surface area contributed by atoms with Crippen molar-refractivity contribution < 1.29 is 9.47 Å². The number of piperazine rings is 1. The Kier molecular flexibility index (Phi) is 6.36. The fourth-order valence-corrected chi connectivity index (χ4v) is 4.09. The van der Waals surface area contributed by atoms with Crippen LogP contribution in [0, 0.1) is 0 Å². The molecule has 2 aromatic carbocycles. The van der Waals surface area contributed by atoms with Crippen molar-refractivity contribution in [3.05, 3.63) is 59.9 Å². The predicted octanol–water partition coefficient (Wildman–Crippen LogP) is 3.18. The lowest BCUT2D eigenvalue weighted by Gasteiger charge is -2.40. The van der Waals surface area contributed by atoms with Crippen molar-refractivity contribution in [3.63, 3.8) is 0 Å². The van der Waals surface area contributed by atoms with E-state index in [0.29, 0.717) is 0 Å². The van der Waals surface area contributed by atoms with E-state index in [1.54, 1.807) is 14.2 Å². The number of methoxy groups -OCH3 is 2. The van der Waals surface area contributed by atoms with Gasteiger partial charge in [-0.2, -0.15) is 0 Å². The van der Waals surface area contributed by atoms with E-state index in [2.05, 4.69) is 63.4 Å². The SMILES string of the molecule is COc1ccc([C@H](c2nnnn2C(C)C)N2CCN(c3ccc(OC)cc3)CC2)cc1. The largest absolute Gasteiger partial charge is 0.497 e. The Hall–Kier alpha value is -3.13. The first kappa shape index (κ1) is 21.1. The zero-order chi connectivity index (χ0) is 21.8. The molecule has 1 saturated heterocycles. The first-order valence-electron chi connectivity index (χ1n) is 10.7.